The number of nitrogens with zero attached hydrogens (tertiary/aromatic N) is 1. The standard InChI is InChI=1S/C6H8FIN4/c7-3(2-8)1-4-5(9)11-12-6(4)10/h1H,2H2,(H5,9,10,11,12)/b3-1+. The molecule has 0 radical (unpaired) electrons. The van der Waals surface area contributed by atoms with Gasteiger partial charge in [-0.05, 0) is 6.08 Å². The molecule has 4 nitrogen and oxygen atoms in total. The quantitative estimate of drug-likeness (QED) is 0.565. The third-order valence-corrected chi connectivity index (χ3v) is 2.02. The zero-order valence-electron chi connectivity index (χ0n) is 6.14. The lowest BCUT2D eigenvalue weighted by atomic mass is 10.3. The fourth-order valence-corrected chi connectivity index (χ4v) is 0.946. The number of nitrogens with two attached hydrogens (primary N) is 2. The predicted octanol–water partition coefficient (Wildman–Crippen LogP) is 1.32. The molecule has 0 aliphatic carbocycles. The van der Waals surface area contributed by atoms with E-state index < -0.39 is 0 Å². The number of alkyl halides is 1. The number of nitrogen functional groups attached to an aromatic ring is 2. The molecule has 0 amide bonds. The summed E-state index contributed by atoms with van der Waals surface area (Å²) < 4.78 is 13.0. The van der Waals surface area contributed by atoms with Crippen LogP contribution in [0.4, 0.5) is 16.0 Å². The third kappa shape index (κ3) is 1.87. The third-order valence-electron chi connectivity index (χ3n) is 1.29. The number of rotatable bonds is 2. The van der Waals surface area contributed by atoms with Crippen LogP contribution in [-0.2, 0) is 0 Å². The van der Waals surface area contributed by atoms with Gasteiger partial charge in [0.15, 0.2) is 5.82 Å². The van der Waals surface area contributed by atoms with E-state index in [1.807, 2.05) is 22.6 Å². The zero-order chi connectivity index (χ0) is 9.14. The van der Waals surface area contributed by atoms with Gasteiger partial charge in [0, 0.05) is 0 Å². The zero-order valence-corrected chi connectivity index (χ0v) is 8.30. The van der Waals surface area contributed by atoms with Crippen molar-refractivity contribution in [3.63, 3.8) is 0 Å². The molecule has 0 saturated heterocycles. The fraction of sp³-hybridized carbons (Fsp3) is 0.167. The monoisotopic (exact) mass is 282 g/mol. The highest BCUT2D eigenvalue weighted by Crippen LogP contribution is 2.19. The van der Waals surface area contributed by atoms with Crippen molar-refractivity contribution in [3.05, 3.63) is 11.4 Å². The van der Waals surface area contributed by atoms with Crippen LogP contribution in [0.5, 0.6) is 0 Å². The number of hydrogen-bond acceptors (Lipinski definition) is 3. The van der Waals surface area contributed by atoms with E-state index in [9.17, 15) is 4.39 Å². The van der Waals surface area contributed by atoms with Crippen LogP contribution in [0, 0.1) is 0 Å². The number of aromatic nitrogens is 2. The molecule has 0 fully saturated rings. The van der Waals surface area contributed by atoms with Crippen molar-refractivity contribution in [1.82, 2.24) is 10.2 Å². The van der Waals surface area contributed by atoms with E-state index in [1.54, 1.807) is 0 Å². The van der Waals surface area contributed by atoms with Crippen molar-refractivity contribution >= 4 is 40.3 Å². The van der Waals surface area contributed by atoms with Crippen LogP contribution in [-0.4, -0.2) is 14.6 Å². The molecule has 12 heavy (non-hydrogen) atoms. The van der Waals surface area contributed by atoms with E-state index >= 15 is 0 Å². The lowest BCUT2D eigenvalue weighted by Gasteiger charge is -1.92. The van der Waals surface area contributed by atoms with Crippen molar-refractivity contribution in [2.45, 2.75) is 0 Å². The molecular formula is C6H8FIN4. The minimum Gasteiger partial charge on any atom is -0.384 e. The molecule has 1 aromatic heterocycles. The van der Waals surface area contributed by atoms with Crippen LogP contribution in [0.15, 0.2) is 5.83 Å². The molecule has 1 rings (SSSR count). The molecule has 66 valence electrons. The van der Waals surface area contributed by atoms with Gasteiger partial charge in [-0.2, -0.15) is 5.10 Å². The van der Waals surface area contributed by atoms with Gasteiger partial charge in [0.1, 0.15) is 11.6 Å². The second-order valence-electron chi connectivity index (χ2n) is 2.16. The summed E-state index contributed by atoms with van der Waals surface area (Å²) in [7, 11) is 0. The first-order valence-electron chi connectivity index (χ1n) is 3.16. The maximum absolute atomic E-state index is 12.8. The molecule has 5 N–H and O–H groups in total. The second-order valence-corrected chi connectivity index (χ2v) is 2.92. The van der Waals surface area contributed by atoms with Gasteiger partial charge in [-0.15, -0.1) is 0 Å². The summed E-state index contributed by atoms with van der Waals surface area (Å²) in [5.41, 5.74) is 11.3. The van der Waals surface area contributed by atoms with Crippen molar-refractivity contribution in [2.75, 3.05) is 15.9 Å². The summed E-state index contributed by atoms with van der Waals surface area (Å²) in [6, 6.07) is 0. The molecule has 0 saturated carbocycles. The van der Waals surface area contributed by atoms with Crippen molar-refractivity contribution < 1.29 is 4.39 Å². The first-order chi connectivity index (χ1) is 5.65. The number of halogens is 2. The molecule has 6 heteroatoms. The Kier molecular flexibility index (Phi) is 2.90. The SMILES string of the molecule is Nc1n[nH]c(N)c1/C=C(/F)CI. The fourth-order valence-electron chi connectivity index (χ4n) is 0.726. The number of nitrogens with one attached hydrogen (secondary N) is 1. The van der Waals surface area contributed by atoms with Crippen LogP contribution in [0.3, 0.4) is 0 Å². The number of allylic oxidation sites excluding steroid dienone is 1. The minimum atomic E-state index is -0.282. The normalized spacial score (nSPS) is 12.0. The van der Waals surface area contributed by atoms with Crippen LogP contribution in [0.2, 0.25) is 0 Å². The Bertz CT molecular complexity index is 287. The number of anilines is 2. The van der Waals surface area contributed by atoms with E-state index in [1.165, 1.54) is 6.08 Å². The summed E-state index contributed by atoms with van der Waals surface area (Å²) >= 11 is 1.91. The molecule has 0 atom stereocenters. The average Bonchev–Trinajstić information content (AvgIpc) is 2.35. The molecular weight excluding hydrogens is 274 g/mol. The number of H-pyrrole nitrogens is 1. The summed E-state index contributed by atoms with van der Waals surface area (Å²) in [6.07, 6.45) is 1.28. The van der Waals surface area contributed by atoms with Gasteiger partial charge < -0.3 is 11.5 Å². The smallest absolute Gasteiger partial charge is 0.154 e. The van der Waals surface area contributed by atoms with E-state index in [-0.39, 0.29) is 17.5 Å². The van der Waals surface area contributed by atoms with Gasteiger partial charge in [0.2, 0.25) is 0 Å². The van der Waals surface area contributed by atoms with E-state index in [0.29, 0.717) is 9.99 Å². The van der Waals surface area contributed by atoms with Crippen LogP contribution in [0.1, 0.15) is 5.56 Å². The van der Waals surface area contributed by atoms with Crippen molar-refractivity contribution in [1.29, 1.82) is 0 Å². The van der Waals surface area contributed by atoms with Gasteiger partial charge in [0.05, 0.1) is 9.99 Å². The molecule has 0 spiro atoms. The van der Waals surface area contributed by atoms with Crippen LogP contribution >= 0.6 is 22.6 Å². The minimum absolute atomic E-state index is 0.215. The van der Waals surface area contributed by atoms with Crippen molar-refractivity contribution in [3.8, 4) is 0 Å². The van der Waals surface area contributed by atoms with Gasteiger partial charge in [-0.25, -0.2) is 4.39 Å². The van der Waals surface area contributed by atoms with E-state index in [0.717, 1.165) is 0 Å². The summed E-state index contributed by atoms with van der Waals surface area (Å²) in [5.74, 6) is 0.218. The summed E-state index contributed by atoms with van der Waals surface area (Å²) in [6.45, 7) is 0. The number of aromatic amines is 1. The molecule has 0 bridgehead atoms. The summed E-state index contributed by atoms with van der Waals surface area (Å²) in [5, 5.41) is 6.07. The highest BCUT2D eigenvalue weighted by molar-refractivity contribution is 14.1. The van der Waals surface area contributed by atoms with Gasteiger partial charge >= 0.3 is 0 Å². The Balaban J connectivity index is 3.02. The largest absolute Gasteiger partial charge is 0.384 e. The maximum atomic E-state index is 12.8. The average molecular weight is 282 g/mol. The summed E-state index contributed by atoms with van der Waals surface area (Å²) in [4.78, 5) is 0. The topological polar surface area (TPSA) is 80.7 Å². The van der Waals surface area contributed by atoms with Gasteiger partial charge in [-0.3, -0.25) is 5.10 Å². The molecule has 1 heterocycles. The predicted molar refractivity (Wildman–Crippen MR) is 55.4 cm³/mol. The molecule has 0 unspecified atom stereocenters. The first-order valence-corrected chi connectivity index (χ1v) is 4.69. The van der Waals surface area contributed by atoms with Gasteiger partial charge in [0.25, 0.3) is 0 Å². The van der Waals surface area contributed by atoms with E-state index in [4.69, 9.17) is 11.5 Å². The van der Waals surface area contributed by atoms with Crippen LogP contribution < -0.4 is 11.5 Å². The first kappa shape index (κ1) is 9.30. The molecule has 0 aliphatic rings. The maximum Gasteiger partial charge on any atom is 0.154 e. The molecule has 0 aromatic carbocycles. The van der Waals surface area contributed by atoms with Crippen LogP contribution in [0.25, 0.3) is 6.08 Å². The Labute approximate surface area is 82.3 Å². The molecule has 0 aliphatic heterocycles. The number of hydrogen-bond donors (Lipinski definition) is 3. The highest BCUT2D eigenvalue weighted by atomic mass is 127. The Morgan fingerprint density at radius 3 is 2.75 bits per heavy atom. The second kappa shape index (κ2) is 3.74. The Morgan fingerprint density at radius 1 is 1.67 bits per heavy atom. The van der Waals surface area contributed by atoms with Gasteiger partial charge in [-0.1, -0.05) is 22.6 Å². The lowest BCUT2D eigenvalue weighted by molar-refractivity contribution is 0.656. The Morgan fingerprint density at radius 2 is 2.33 bits per heavy atom. The highest BCUT2D eigenvalue weighted by Gasteiger charge is 2.05. The van der Waals surface area contributed by atoms with Crippen molar-refractivity contribution in [2.24, 2.45) is 0 Å². The Hall–Kier alpha value is -0.790. The molecule has 1 aromatic rings. The van der Waals surface area contributed by atoms with E-state index in [2.05, 4.69) is 10.2 Å². The lowest BCUT2D eigenvalue weighted by Crippen LogP contribution is -1.90.